The van der Waals surface area contributed by atoms with Crippen molar-refractivity contribution in [3.05, 3.63) is 54.2 Å². The monoisotopic (exact) mass is 427 g/mol. The van der Waals surface area contributed by atoms with E-state index in [-0.39, 0.29) is 24.8 Å². The molecule has 7 heteroatoms. The number of ether oxygens (including phenoxy) is 1. The van der Waals surface area contributed by atoms with Crippen LogP contribution in [-0.4, -0.2) is 60.4 Å². The number of anilines is 1. The van der Waals surface area contributed by atoms with Crippen LogP contribution < -0.4 is 9.64 Å². The number of benzene rings is 1. The zero-order chi connectivity index (χ0) is 18.4. The summed E-state index contributed by atoms with van der Waals surface area (Å²) in [7, 11) is 0. The maximum Gasteiger partial charge on any atom is 0.128 e. The first-order valence-electron chi connectivity index (χ1n) is 9.41. The average Bonchev–Trinajstić information content (AvgIpc) is 2.68. The summed E-state index contributed by atoms with van der Waals surface area (Å²) in [6.45, 7) is 9.03. The van der Waals surface area contributed by atoms with Gasteiger partial charge >= 0.3 is 0 Å². The Morgan fingerprint density at radius 3 is 2.25 bits per heavy atom. The lowest BCUT2D eigenvalue weighted by Gasteiger charge is -2.36. The number of hydrogen-bond acceptors (Lipinski definition) is 5. The summed E-state index contributed by atoms with van der Waals surface area (Å²) < 4.78 is 5.74. The third-order valence-corrected chi connectivity index (χ3v) is 4.80. The number of aromatic nitrogens is 1. The predicted molar refractivity (Wildman–Crippen MR) is 119 cm³/mol. The predicted octanol–water partition coefficient (Wildman–Crippen LogP) is 3.61. The van der Waals surface area contributed by atoms with E-state index in [4.69, 9.17) is 4.74 Å². The number of hydrogen-bond donors (Lipinski definition) is 1. The smallest absolute Gasteiger partial charge is 0.128 e. The third-order valence-electron chi connectivity index (χ3n) is 4.80. The van der Waals surface area contributed by atoms with Gasteiger partial charge in [-0.25, -0.2) is 4.98 Å². The van der Waals surface area contributed by atoms with E-state index < -0.39 is 6.10 Å². The van der Waals surface area contributed by atoms with Crippen molar-refractivity contribution >= 4 is 30.6 Å². The Kier molecular flexibility index (Phi) is 10.6. The van der Waals surface area contributed by atoms with E-state index in [1.54, 1.807) is 0 Å². The molecule has 0 spiro atoms. The number of rotatable bonds is 7. The molecule has 28 heavy (non-hydrogen) atoms. The van der Waals surface area contributed by atoms with Crippen molar-refractivity contribution in [3.63, 3.8) is 0 Å². The molecule has 5 nitrogen and oxygen atoms in total. The second kappa shape index (κ2) is 12.1. The van der Waals surface area contributed by atoms with Crippen LogP contribution in [0.5, 0.6) is 5.75 Å². The molecule has 1 aromatic carbocycles. The number of aliphatic hydroxyl groups excluding tert-OH is 1. The van der Waals surface area contributed by atoms with Gasteiger partial charge in [-0.2, -0.15) is 0 Å². The topological polar surface area (TPSA) is 48.8 Å². The van der Waals surface area contributed by atoms with E-state index >= 15 is 0 Å². The maximum atomic E-state index is 10.3. The van der Waals surface area contributed by atoms with Crippen LogP contribution in [0.2, 0.25) is 0 Å². The minimum absolute atomic E-state index is 0. The lowest BCUT2D eigenvalue weighted by Crippen LogP contribution is -2.49. The van der Waals surface area contributed by atoms with Crippen molar-refractivity contribution in [3.8, 4) is 5.75 Å². The molecule has 2 aromatic rings. The molecular weight excluding hydrogens is 397 g/mol. The highest BCUT2D eigenvalue weighted by Gasteiger charge is 2.20. The van der Waals surface area contributed by atoms with Gasteiger partial charge in [0, 0.05) is 38.9 Å². The fourth-order valence-electron chi connectivity index (χ4n) is 3.19. The molecule has 1 N–H and O–H groups in total. The van der Waals surface area contributed by atoms with E-state index in [0.29, 0.717) is 19.1 Å². The maximum absolute atomic E-state index is 10.3. The van der Waals surface area contributed by atoms with Crippen LogP contribution >= 0.6 is 24.8 Å². The second-order valence-corrected chi connectivity index (χ2v) is 7.16. The lowest BCUT2D eigenvalue weighted by atomic mass is 10.0. The number of piperazine rings is 1. The van der Waals surface area contributed by atoms with Crippen LogP contribution in [0.15, 0.2) is 48.7 Å². The van der Waals surface area contributed by atoms with Gasteiger partial charge in [0.2, 0.25) is 0 Å². The zero-order valence-corrected chi connectivity index (χ0v) is 18.2. The average molecular weight is 428 g/mol. The molecule has 156 valence electrons. The highest BCUT2D eigenvalue weighted by atomic mass is 35.5. The van der Waals surface area contributed by atoms with Crippen LogP contribution in [0.1, 0.15) is 25.3 Å². The lowest BCUT2D eigenvalue weighted by molar-refractivity contribution is 0.0662. The van der Waals surface area contributed by atoms with Crippen molar-refractivity contribution in [1.82, 2.24) is 9.88 Å². The van der Waals surface area contributed by atoms with Gasteiger partial charge in [0.15, 0.2) is 0 Å². The van der Waals surface area contributed by atoms with Crippen LogP contribution in [0.3, 0.4) is 0 Å². The standard InChI is InChI=1S/C21H29N3O2.2ClH/c1-17(2)18-6-8-20(9-7-18)26-16-19(25)15-23-11-13-24(14-12-23)21-5-3-4-10-22-21;;/h3-10,17,19,25H,11-16H2,1-2H3;2*1H. The summed E-state index contributed by atoms with van der Waals surface area (Å²) in [4.78, 5) is 8.98. The summed E-state index contributed by atoms with van der Waals surface area (Å²) in [5.41, 5.74) is 1.30. The first-order chi connectivity index (χ1) is 12.6. The number of β-amino-alcohol motifs (C(OH)–C–C–N with tert-alkyl or cyclic N) is 1. The van der Waals surface area contributed by atoms with Crippen LogP contribution in [0.4, 0.5) is 5.82 Å². The second-order valence-electron chi connectivity index (χ2n) is 7.16. The normalized spacial score (nSPS) is 15.5. The van der Waals surface area contributed by atoms with E-state index in [2.05, 4.69) is 40.8 Å². The SMILES string of the molecule is CC(C)c1ccc(OCC(O)CN2CCN(c3ccccn3)CC2)cc1.Cl.Cl. The quantitative estimate of drug-likeness (QED) is 0.730. The first-order valence-corrected chi connectivity index (χ1v) is 9.41. The summed E-state index contributed by atoms with van der Waals surface area (Å²) in [6, 6.07) is 14.1. The van der Waals surface area contributed by atoms with E-state index in [1.165, 1.54) is 5.56 Å². The Morgan fingerprint density at radius 2 is 1.68 bits per heavy atom. The van der Waals surface area contributed by atoms with Gasteiger partial charge < -0.3 is 14.7 Å². The van der Waals surface area contributed by atoms with E-state index in [9.17, 15) is 5.11 Å². The van der Waals surface area contributed by atoms with Crippen molar-refractivity contribution in [2.24, 2.45) is 0 Å². The fraction of sp³-hybridized carbons (Fsp3) is 0.476. The van der Waals surface area contributed by atoms with Crippen LogP contribution in [0, 0.1) is 0 Å². The number of halogens is 2. The largest absolute Gasteiger partial charge is 0.491 e. The van der Waals surface area contributed by atoms with Gasteiger partial charge in [-0.3, -0.25) is 4.90 Å². The molecule has 1 atom stereocenters. The third kappa shape index (κ3) is 7.13. The summed E-state index contributed by atoms with van der Waals surface area (Å²) in [5, 5.41) is 10.3. The van der Waals surface area contributed by atoms with Crippen molar-refractivity contribution < 1.29 is 9.84 Å². The fourth-order valence-corrected chi connectivity index (χ4v) is 3.19. The van der Waals surface area contributed by atoms with Gasteiger partial charge in [0.05, 0.1) is 0 Å². The molecule has 1 fully saturated rings. The number of pyridine rings is 1. The van der Waals surface area contributed by atoms with Crippen molar-refractivity contribution in [2.45, 2.75) is 25.9 Å². The van der Waals surface area contributed by atoms with Gasteiger partial charge in [-0.05, 0) is 35.7 Å². The molecule has 0 aliphatic carbocycles. The molecule has 0 radical (unpaired) electrons. The molecule has 1 unspecified atom stereocenters. The molecule has 3 rings (SSSR count). The zero-order valence-electron chi connectivity index (χ0n) is 16.5. The Hall–Kier alpha value is -1.53. The molecule has 0 saturated carbocycles. The van der Waals surface area contributed by atoms with Crippen LogP contribution in [-0.2, 0) is 0 Å². The molecule has 0 bridgehead atoms. The molecule has 1 aliphatic heterocycles. The van der Waals surface area contributed by atoms with Gasteiger partial charge in [-0.15, -0.1) is 24.8 Å². The minimum atomic E-state index is -0.485. The number of nitrogens with zero attached hydrogens (tertiary/aromatic N) is 3. The van der Waals surface area contributed by atoms with Crippen molar-refractivity contribution in [2.75, 3.05) is 44.2 Å². The summed E-state index contributed by atoms with van der Waals surface area (Å²) >= 11 is 0. The molecule has 2 heterocycles. The Morgan fingerprint density at radius 1 is 1.00 bits per heavy atom. The Bertz CT molecular complexity index is 663. The Labute approximate surface area is 180 Å². The summed E-state index contributed by atoms with van der Waals surface area (Å²) in [6.07, 6.45) is 1.34. The van der Waals surface area contributed by atoms with E-state index in [1.807, 2.05) is 36.5 Å². The Balaban J connectivity index is 0.00000196. The first kappa shape index (κ1) is 24.5. The van der Waals surface area contributed by atoms with E-state index in [0.717, 1.165) is 37.7 Å². The van der Waals surface area contributed by atoms with Gasteiger partial charge in [-0.1, -0.05) is 32.0 Å². The van der Waals surface area contributed by atoms with Crippen LogP contribution in [0.25, 0.3) is 0 Å². The highest BCUT2D eigenvalue weighted by molar-refractivity contribution is 5.85. The highest BCUT2D eigenvalue weighted by Crippen LogP contribution is 2.19. The van der Waals surface area contributed by atoms with Crippen molar-refractivity contribution in [1.29, 1.82) is 0 Å². The van der Waals surface area contributed by atoms with Gasteiger partial charge in [0.1, 0.15) is 24.3 Å². The molecule has 1 saturated heterocycles. The molecule has 1 aliphatic rings. The summed E-state index contributed by atoms with van der Waals surface area (Å²) in [5.74, 6) is 2.36. The minimum Gasteiger partial charge on any atom is -0.491 e. The molecular formula is C21H31Cl2N3O2. The number of aliphatic hydroxyl groups is 1. The molecule has 1 aromatic heterocycles. The molecule has 0 amide bonds. The van der Waals surface area contributed by atoms with Gasteiger partial charge in [0.25, 0.3) is 0 Å².